The fourth-order valence-electron chi connectivity index (χ4n) is 9.36. The van der Waals surface area contributed by atoms with E-state index >= 15 is 0 Å². The van der Waals surface area contributed by atoms with Crippen molar-refractivity contribution in [3.05, 3.63) is 217 Å². The Balaban J connectivity index is 0.967. The molecule has 1 aliphatic carbocycles. The van der Waals surface area contributed by atoms with Crippen molar-refractivity contribution in [3.8, 4) is 39.1 Å². The summed E-state index contributed by atoms with van der Waals surface area (Å²) >= 11 is 0. The molecule has 0 aliphatic heterocycles. The van der Waals surface area contributed by atoms with Crippen molar-refractivity contribution in [1.29, 1.82) is 0 Å². The Kier molecular flexibility index (Phi) is 7.55. The lowest BCUT2D eigenvalue weighted by Gasteiger charge is -2.28. The summed E-state index contributed by atoms with van der Waals surface area (Å²) in [4.78, 5) is 2.39. The van der Waals surface area contributed by atoms with Crippen LogP contribution in [-0.2, 0) is 5.41 Å². The van der Waals surface area contributed by atoms with Crippen molar-refractivity contribution in [3.63, 3.8) is 0 Å². The van der Waals surface area contributed by atoms with Gasteiger partial charge >= 0.3 is 0 Å². The molecule has 1 heterocycles. The molecule has 2 heteroatoms. The molecule has 0 atom stereocenters. The van der Waals surface area contributed by atoms with Crippen molar-refractivity contribution >= 4 is 49.6 Å². The van der Waals surface area contributed by atoms with Gasteiger partial charge in [0, 0.05) is 38.9 Å². The molecule has 9 aromatic carbocycles. The standard InChI is InChI=1S/C55H40N2/c1-55(2)51-35-43(30-32-47(51)48-33-31-44(36-52(48)55)57-53-24-10-8-21-49(53)50-22-9-11-25-54(50)57)56(41-18-4-3-5-19-41)42-28-26-37(27-29-42)39-16-12-17-40(34-39)46-23-13-15-38-14-6-7-20-45(38)46/h3-36H,1-2H3. The molecule has 0 N–H and O–H groups in total. The predicted octanol–water partition coefficient (Wildman–Crippen LogP) is 15.0. The number of hydrogen-bond acceptors (Lipinski definition) is 1. The molecule has 57 heavy (non-hydrogen) atoms. The molecule has 0 saturated carbocycles. The highest BCUT2D eigenvalue weighted by Gasteiger charge is 2.36. The Morgan fingerprint density at radius 1 is 0.368 bits per heavy atom. The van der Waals surface area contributed by atoms with Gasteiger partial charge in [-0.3, -0.25) is 0 Å². The molecular weight excluding hydrogens is 689 g/mol. The van der Waals surface area contributed by atoms with Gasteiger partial charge in [-0.25, -0.2) is 0 Å². The third-order valence-corrected chi connectivity index (χ3v) is 12.2. The van der Waals surface area contributed by atoms with Crippen LogP contribution >= 0.6 is 0 Å². The first-order valence-electron chi connectivity index (χ1n) is 19.8. The number of benzene rings is 9. The first-order valence-corrected chi connectivity index (χ1v) is 19.8. The van der Waals surface area contributed by atoms with Crippen molar-refractivity contribution in [1.82, 2.24) is 4.57 Å². The van der Waals surface area contributed by atoms with Crippen LogP contribution in [-0.4, -0.2) is 4.57 Å². The smallest absolute Gasteiger partial charge is 0.0541 e. The van der Waals surface area contributed by atoms with Crippen LogP contribution in [0.25, 0.3) is 71.6 Å². The average Bonchev–Trinajstić information content (AvgIpc) is 3.72. The minimum Gasteiger partial charge on any atom is -0.310 e. The summed E-state index contributed by atoms with van der Waals surface area (Å²) in [6.07, 6.45) is 0. The van der Waals surface area contributed by atoms with Crippen LogP contribution in [0.2, 0.25) is 0 Å². The molecule has 0 radical (unpaired) electrons. The van der Waals surface area contributed by atoms with Crippen LogP contribution in [0.4, 0.5) is 17.1 Å². The first-order chi connectivity index (χ1) is 28.0. The van der Waals surface area contributed by atoms with E-state index in [0.717, 1.165) is 17.1 Å². The lowest BCUT2D eigenvalue weighted by Crippen LogP contribution is -2.17. The fraction of sp³-hybridized carbons (Fsp3) is 0.0545. The molecular formula is C55H40N2. The Labute approximate surface area is 333 Å². The summed E-state index contributed by atoms with van der Waals surface area (Å²) in [7, 11) is 0. The molecule has 270 valence electrons. The first kappa shape index (κ1) is 33.2. The topological polar surface area (TPSA) is 8.17 Å². The minimum atomic E-state index is -0.198. The molecule has 11 rings (SSSR count). The molecule has 0 fully saturated rings. The van der Waals surface area contributed by atoms with E-state index in [1.807, 2.05) is 0 Å². The van der Waals surface area contributed by atoms with E-state index in [1.165, 1.54) is 82.8 Å². The highest BCUT2D eigenvalue weighted by Crippen LogP contribution is 2.51. The van der Waals surface area contributed by atoms with Gasteiger partial charge in [0.25, 0.3) is 0 Å². The van der Waals surface area contributed by atoms with E-state index in [1.54, 1.807) is 0 Å². The second-order valence-corrected chi connectivity index (χ2v) is 15.8. The van der Waals surface area contributed by atoms with Crippen molar-refractivity contribution in [2.24, 2.45) is 0 Å². The molecule has 0 saturated heterocycles. The fourth-order valence-corrected chi connectivity index (χ4v) is 9.36. The van der Waals surface area contributed by atoms with Crippen molar-refractivity contribution in [2.75, 3.05) is 4.90 Å². The monoisotopic (exact) mass is 728 g/mol. The summed E-state index contributed by atoms with van der Waals surface area (Å²) < 4.78 is 2.43. The van der Waals surface area contributed by atoms with Crippen molar-refractivity contribution in [2.45, 2.75) is 19.3 Å². The van der Waals surface area contributed by atoms with Gasteiger partial charge in [-0.1, -0.05) is 153 Å². The van der Waals surface area contributed by atoms with E-state index in [4.69, 9.17) is 0 Å². The summed E-state index contributed by atoms with van der Waals surface area (Å²) in [5, 5.41) is 5.09. The van der Waals surface area contributed by atoms with E-state index in [0.29, 0.717) is 0 Å². The van der Waals surface area contributed by atoms with Crippen LogP contribution in [0.3, 0.4) is 0 Å². The molecule has 0 unspecified atom stereocenters. The Morgan fingerprint density at radius 2 is 0.930 bits per heavy atom. The van der Waals surface area contributed by atoms with Gasteiger partial charge in [-0.2, -0.15) is 0 Å². The summed E-state index contributed by atoms with van der Waals surface area (Å²) in [5.74, 6) is 0. The maximum absolute atomic E-state index is 2.43. The van der Waals surface area contributed by atoms with Gasteiger partial charge in [-0.05, 0) is 122 Å². The predicted molar refractivity (Wildman–Crippen MR) is 241 cm³/mol. The average molecular weight is 729 g/mol. The molecule has 1 aromatic heterocycles. The number of para-hydroxylation sites is 3. The van der Waals surface area contributed by atoms with E-state index in [2.05, 4.69) is 230 Å². The second kappa shape index (κ2) is 13.0. The van der Waals surface area contributed by atoms with Gasteiger partial charge < -0.3 is 9.47 Å². The minimum absolute atomic E-state index is 0.198. The van der Waals surface area contributed by atoms with Crippen LogP contribution in [0.15, 0.2) is 206 Å². The highest BCUT2D eigenvalue weighted by atomic mass is 15.1. The Bertz CT molecular complexity index is 3090. The van der Waals surface area contributed by atoms with Crippen LogP contribution in [0, 0.1) is 0 Å². The molecule has 0 spiro atoms. The van der Waals surface area contributed by atoms with E-state index < -0.39 is 0 Å². The van der Waals surface area contributed by atoms with Gasteiger partial charge in [0.2, 0.25) is 0 Å². The van der Waals surface area contributed by atoms with E-state index in [9.17, 15) is 0 Å². The van der Waals surface area contributed by atoms with Crippen molar-refractivity contribution < 1.29 is 0 Å². The zero-order valence-electron chi connectivity index (χ0n) is 32.0. The molecule has 1 aliphatic rings. The van der Waals surface area contributed by atoms with E-state index in [-0.39, 0.29) is 5.41 Å². The highest BCUT2D eigenvalue weighted by molar-refractivity contribution is 6.09. The normalized spacial score (nSPS) is 12.9. The molecule has 2 nitrogen and oxygen atoms in total. The Morgan fingerprint density at radius 3 is 1.68 bits per heavy atom. The summed E-state index contributed by atoms with van der Waals surface area (Å²) in [6.45, 7) is 4.76. The number of hydrogen-bond donors (Lipinski definition) is 0. The maximum atomic E-state index is 2.43. The summed E-state index contributed by atoms with van der Waals surface area (Å²) in [6, 6.07) is 75.5. The quantitative estimate of drug-likeness (QED) is 0.165. The zero-order valence-corrected chi connectivity index (χ0v) is 32.0. The Hall–Kier alpha value is -7.16. The second-order valence-electron chi connectivity index (χ2n) is 15.8. The van der Waals surface area contributed by atoms with Gasteiger partial charge in [0.1, 0.15) is 0 Å². The number of aromatic nitrogens is 1. The van der Waals surface area contributed by atoms with Gasteiger partial charge in [0.15, 0.2) is 0 Å². The van der Waals surface area contributed by atoms with Crippen LogP contribution in [0.1, 0.15) is 25.0 Å². The summed E-state index contributed by atoms with van der Waals surface area (Å²) in [5.41, 5.74) is 17.1. The van der Waals surface area contributed by atoms with Crippen LogP contribution < -0.4 is 4.90 Å². The number of nitrogens with zero attached hydrogens (tertiary/aromatic N) is 2. The third-order valence-electron chi connectivity index (χ3n) is 12.2. The zero-order chi connectivity index (χ0) is 38.1. The number of anilines is 3. The number of rotatable bonds is 6. The van der Waals surface area contributed by atoms with Crippen LogP contribution in [0.5, 0.6) is 0 Å². The maximum Gasteiger partial charge on any atom is 0.0541 e. The van der Waals surface area contributed by atoms with Gasteiger partial charge in [-0.15, -0.1) is 0 Å². The van der Waals surface area contributed by atoms with Gasteiger partial charge in [0.05, 0.1) is 11.0 Å². The molecule has 0 amide bonds. The lowest BCUT2D eigenvalue weighted by molar-refractivity contribution is 0.660. The molecule has 10 aromatic rings. The SMILES string of the molecule is CC1(C)c2cc(N(c3ccccc3)c3ccc(-c4cccc(-c5cccc6ccccc56)c4)cc3)ccc2-c2ccc(-n3c4ccccc4c4ccccc43)cc21. The largest absolute Gasteiger partial charge is 0.310 e. The third kappa shape index (κ3) is 5.33. The molecule has 0 bridgehead atoms. The number of fused-ring (bicyclic) bond motifs is 7. The lowest BCUT2D eigenvalue weighted by atomic mass is 9.82.